The van der Waals surface area contributed by atoms with E-state index in [0.717, 1.165) is 17.9 Å². The quantitative estimate of drug-likeness (QED) is 0.886. The summed E-state index contributed by atoms with van der Waals surface area (Å²) in [4.78, 5) is 14.1. The molecule has 20 heavy (non-hydrogen) atoms. The lowest BCUT2D eigenvalue weighted by Crippen LogP contribution is -2.43. The Morgan fingerprint density at radius 1 is 1.25 bits per heavy atom. The van der Waals surface area contributed by atoms with Gasteiger partial charge in [0.2, 0.25) is 5.91 Å². The van der Waals surface area contributed by atoms with E-state index in [-0.39, 0.29) is 18.3 Å². The molecule has 2 heterocycles. The fourth-order valence-corrected chi connectivity index (χ4v) is 2.25. The molecule has 0 radical (unpaired) electrons. The number of aromatic nitrogens is 3. The molecule has 1 aliphatic rings. The second-order valence-corrected chi connectivity index (χ2v) is 4.59. The van der Waals surface area contributed by atoms with Gasteiger partial charge in [0.1, 0.15) is 12.4 Å². The number of carbonyl (C=O) groups is 1. The highest BCUT2D eigenvalue weighted by molar-refractivity contribution is 5.85. The Balaban J connectivity index is 0.00000147. The number of benzene rings is 1. The third-order valence-corrected chi connectivity index (χ3v) is 3.38. The van der Waals surface area contributed by atoms with Crippen molar-refractivity contribution >= 4 is 18.3 Å². The van der Waals surface area contributed by atoms with Crippen LogP contribution in [0, 0.1) is 0 Å². The highest BCUT2D eigenvalue weighted by atomic mass is 35.5. The van der Waals surface area contributed by atoms with Crippen LogP contribution in [-0.2, 0) is 17.9 Å². The highest BCUT2D eigenvalue weighted by Gasteiger charge is 2.26. The topological polar surface area (TPSA) is 77.0 Å². The van der Waals surface area contributed by atoms with E-state index in [2.05, 4.69) is 10.2 Å². The minimum Gasteiger partial charge on any atom is -0.332 e. The Hall–Kier alpha value is -1.92. The third-order valence-electron chi connectivity index (χ3n) is 3.38. The average molecular weight is 294 g/mol. The highest BCUT2D eigenvalue weighted by Crippen LogP contribution is 2.16. The molecule has 0 fully saturated rings. The number of hydrogen-bond acceptors (Lipinski definition) is 4. The number of fused-ring (bicyclic) bond motifs is 1. The van der Waals surface area contributed by atoms with Crippen LogP contribution in [-0.4, -0.2) is 32.1 Å². The van der Waals surface area contributed by atoms with Crippen molar-refractivity contribution in [1.29, 1.82) is 0 Å². The zero-order valence-corrected chi connectivity index (χ0v) is 11.7. The molecule has 0 saturated heterocycles. The Kier molecular flexibility index (Phi) is 4.36. The molecule has 2 aromatic rings. The predicted octanol–water partition coefficient (Wildman–Crippen LogP) is 0.742. The molecular formula is C13H16ClN5O. The molecular weight excluding hydrogens is 278 g/mol. The second kappa shape index (κ2) is 6.02. The van der Waals surface area contributed by atoms with Gasteiger partial charge in [0.25, 0.3) is 0 Å². The van der Waals surface area contributed by atoms with Crippen molar-refractivity contribution < 1.29 is 4.79 Å². The maximum Gasteiger partial charge on any atom is 0.244 e. The zero-order chi connectivity index (χ0) is 13.2. The molecule has 1 unspecified atom stereocenters. The van der Waals surface area contributed by atoms with Crippen LogP contribution in [0.15, 0.2) is 36.7 Å². The van der Waals surface area contributed by atoms with Crippen LogP contribution >= 0.6 is 12.4 Å². The average Bonchev–Trinajstić information content (AvgIpc) is 2.94. The molecule has 106 valence electrons. The molecule has 1 atom stereocenters. The van der Waals surface area contributed by atoms with Gasteiger partial charge in [-0.05, 0) is 5.56 Å². The maximum absolute atomic E-state index is 12.4. The first-order valence-corrected chi connectivity index (χ1v) is 6.21. The first-order chi connectivity index (χ1) is 9.25. The van der Waals surface area contributed by atoms with Crippen LogP contribution in [0.3, 0.4) is 0 Å². The van der Waals surface area contributed by atoms with Crippen LogP contribution < -0.4 is 5.73 Å². The van der Waals surface area contributed by atoms with Gasteiger partial charge < -0.3 is 15.2 Å². The number of amides is 1. The minimum atomic E-state index is -0.615. The number of hydrogen-bond donors (Lipinski definition) is 1. The summed E-state index contributed by atoms with van der Waals surface area (Å²) in [6, 6.07) is 8.80. The molecule has 0 saturated carbocycles. The van der Waals surface area contributed by atoms with Crippen molar-refractivity contribution in [2.75, 3.05) is 6.54 Å². The van der Waals surface area contributed by atoms with Gasteiger partial charge in [-0.25, -0.2) is 0 Å². The van der Waals surface area contributed by atoms with Crippen molar-refractivity contribution in [3.05, 3.63) is 48.0 Å². The summed E-state index contributed by atoms with van der Waals surface area (Å²) in [5.41, 5.74) is 6.86. The van der Waals surface area contributed by atoms with Gasteiger partial charge in [0, 0.05) is 13.1 Å². The van der Waals surface area contributed by atoms with Gasteiger partial charge in [-0.1, -0.05) is 30.3 Å². The van der Waals surface area contributed by atoms with E-state index in [1.807, 2.05) is 34.9 Å². The lowest BCUT2D eigenvalue weighted by molar-refractivity contribution is -0.134. The summed E-state index contributed by atoms with van der Waals surface area (Å²) in [6.07, 6.45) is 1.69. The first-order valence-electron chi connectivity index (χ1n) is 6.21. The van der Waals surface area contributed by atoms with Gasteiger partial charge >= 0.3 is 0 Å². The van der Waals surface area contributed by atoms with E-state index >= 15 is 0 Å². The van der Waals surface area contributed by atoms with Crippen molar-refractivity contribution in [2.24, 2.45) is 5.73 Å². The number of carbonyl (C=O) groups excluding carboxylic acids is 1. The van der Waals surface area contributed by atoms with Gasteiger partial charge in [0.05, 0.1) is 6.54 Å². The molecule has 7 heteroatoms. The Morgan fingerprint density at radius 3 is 2.75 bits per heavy atom. The van der Waals surface area contributed by atoms with Gasteiger partial charge in [-0.2, -0.15) is 0 Å². The fraction of sp³-hybridized carbons (Fsp3) is 0.308. The molecule has 0 bridgehead atoms. The number of nitrogens with zero attached hydrogens (tertiary/aromatic N) is 4. The maximum atomic E-state index is 12.4. The Morgan fingerprint density at radius 2 is 2.00 bits per heavy atom. The lowest BCUT2D eigenvalue weighted by Gasteiger charge is -2.29. The van der Waals surface area contributed by atoms with E-state index in [0.29, 0.717) is 13.1 Å². The fourth-order valence-electron chi connectivity index (χ4n) is 2.25. The van der Waals surface area contributed by atoms with Crippen LogP contribution in [0.1, 0.15) is 17.4 Å². The van der Waals surface area contributed by atoms with Crippen molar-refractivity contribution in [1.82, 2.24) is 19.7 Å². The van der Waals surface area contributed by atoms with E-state index in [1.54, 1.807) is 11.2 Å². The molecule has 6 nitrogen and oxygen atoms in total. The number of nitrogens with two attached hydrogens (primary N) is 1. The molecule has 3 rings (SSSR count). The summed E-state index contributed by atoms with van der Waals surface area (Å²) < 4.78 is 1.96. The van der Waals surface area contributed by atoms with E-state index in [1.165, 1.54) is 0 Å². The summed E-state index contributed by atoms with van der Waals surface area (Å²) in [5.74, 6) is 0.736. The number of rotatable bonds is 2. The van der Waals surface area contributed by atoms with E-state index < -0.39 is 6.04 Å². The SMILES string of the molecule is Cl.NC(C(=O)N1CCn2cnnc2C1)c1ccccc1. The molecule has 0 aliphatic carbocycles. The molecule has 1 amide bonds. The molecule has 0 spiro atoms. The monoisotopic (exact) mass is 293 g/mol. The van der Waals surface area contributed by atoms with Gasteiger partial charge in [-0.3, -0.25) is 4.79 Å². The number of halogens is 1. The van der Waals surface area contributed by atoms with Crippen molar-refractivity contribution in [2.45, 2.75) is 19.1 Å². The van der Waals surface area contributed by atoms with E-state index in [4.69, 9.17) is 5.73 Å². The molecule has 1 aromatic heterocycles. The third kappa shape index (κ3) is 2.66. The smallest absolute Gasteiger partial charge is 0.244 e. The summed E-state index contributed by atoms with van der Waals surface area (Å²) in [6.45, 7) is 1.83. The molecule has 1 aliphatic heterocycles. The van der Waals surface area contributed by atoms with E-state index in [9.17, 15) is 4.79 Å². The second-order valence-electron chi connectivity index (χ2n) is 4.59. The van der Waals surface area contributed by atoms with Gasteiger partial charge in [0.15, 0.2) is 5.82 Å². The largest absolute Gasteiger partial charge is 0.332 e. The van der Waals surface area contributed by atoms with Gasteiger partial charge in [-0.15, -0.1) is 22.6 Å². The van der Waals surface area contributed by atoms with Crippen LogP contribution in [0.25, 0.3) is 0 Å². The van der Waals surface area contributed by atoms with Crippen LogP contribution in [0.5, 0.6) is 0 Å². The lowest BCUT2D eigenvalue weighted by atomic mass is 10.1. The Bertz CT molecular complexity index is 585. The van der Waals surface area contributed by atoms with Crippen molar-refractivity contribution in [3.8, 4) is 0 Å². The summed E-state index contributed by atoms with van der Waals surface area (Å²) in [7, 11) is 0. The van der Waals surface area contributed by atoms with Crippen LogP contribution in [0.4, 0.5) is 0 Å². The minimum absolute atomic E-state index is 0. The zero-order valence-electron chi connectivity index (χ0n) is 10.8. The summed E-state index contributed by atoms with van der Waals surface area (Å²) in [5, 5.41) is 7.84. The Labute approximate surface area is 123 Å². The van der Waals surface area contributed by atoms with Crippen LogP contribution in [0.2, 0.25) is 0 Å². The molecule has 1 aromatic carbocycles. The van der Waals surface area contributed by atoms with Crippen molar-refractivity contribution in [3.63, 3.8) is 0 Å². The predicted molar refractivity (Wildman–Crippen MR) is 76.1 cm³/mol. The normalized spacial score (nSPS) is 15.2. The first kappa shape index (κ1) is 14.5. The standard InChI is InChI=1S/C13H15N5O.ClH/c14-12(10-4-2-1-3-5-10)13(19)17-6-7-18-9-15-16-11(18)8-17;/h1-5,9,12H,6-8,14H2;1H. The summed E-state index contributed by atoms with van der Waals surface area (Å²) >= 11 is 0. The molecule has 2 N–H and O–H groups in total.